The highest BCUT2D eigenvalue weighted by Crippen LogP contribution is 2.18. The zero-order chi connectivity index (χ0) is 32.6. The Balaban J connectivity index is 4.17. The van der Waals surface area contributed by atoms with Gasteiger partial charge in [-0.1, -0.05) is 149 Å². The molecular formula is C38H78N2O4. The third-order valence-electron chi connectivity index (χ3n) is 8.36. The summed E-state index contributed by atoms with van der Waals surface area (Å²) in [7, 11) is 1.86. The number of carbonyl (C=O) groups is 1. The highest BCUT2D eigenvalue weighted by molar-refractivity contribution is 5.67. The third kappa shape index (κ3) is 34.0. The molecule has 0 radical (unpaired) electrons. The molecule has 0 aliphatic heterocycles. The summed E-state index contributed by atoms with van der Waals surface area (Å²) >= 11 is 0. The molecule has 0 aromatic rings. The first-order chi connectivity index (χ1) is 21.3. The minimum Gasteiger partial charge on any atom is -0.446 e. The van der Waals surface area contributed by atoms with Gasteiger partial charge in [0.1, 0.15) is 12.8 Å². The minimum absolute atomic E-state index is 0.0358. The predicted octanol–water partition coefficient (Wildman–Crippen LogP) is 11.9. The number of unbranched alkanes of at least 4 members (excludes halogenated alkanes) is 21. The number of ether oxygens (including phenoxy) is 2. The molecule has 0 aliphatic rings. The first kappa shape index (κ1) is 43.1. The van der Waals surface area contributed by atoms with E-state index in [0.29, 0.717) is 19.9 Å². The van der Waals surface area contributed by atoms with Gasteiger partial charge >= 0.3 is 6.09 Å². The fraction of sp³-hybridized carbons (Fsp3) is 0.974. The van der Waals surface area contributed by atoms with Crippen LogP contribution in [0.25, 0.3) is 0 Å². The van der Waals surface area contributed by atoms with Crippen molar-refractivity contribution >= 4 is 6.09 Å². The Kier molecular flexibility index (Phi) is 31.5. The summed E-state index contributed by atoms with van der Waals surface area (Å²) in [5.41, 5.74) is -0.194. The van der Waals surface area contributed by atoms with Crippen molar-refractivity contribution in [2.75, 3.05) is 26.9 Å². The van der Waals surface area contributed by atoms with Crippen LogP contribution in [0.3, 0.4) is 0 Å². The molecule has 264 valence electrons. The van der Waals surface area contributed by atoms with E-state index in [9.17, 15) is 4.79 Å². The fourth-order valence-corrected chi connectivity index (χ4v) is 5.51. The molecule has 0 aromatic carbocycles. The predicted molar refractivity (Wildman–Crippen MR) is 189 cm³/mol. The van der Waals surface area contributed by atoms with E-state index in [1.807, 2.05) is 27.8 Å². The summed E-state index contributed by atoms with van der Waals surface area (Å²) in [6.07, 6.45) is 33.4. The average Bonchev–Trinajstić information content (AvgIpc) is 2.98. The second kappa shape index (κ2) is 32.1. The smallest absolute Gasteiger partial charge is 0.407 e. The van der Waals surface area contributed by atoms with Crippen LogP contribution in [0.5, 0.6) is 0 Å². The molecule has 0 aliphatic carbocycles. The molecule has 0 saturated carbocycles. The van der Waals surface area contributed by atoms with Crippen molar-refractivity contribution in [1.82, 2.24) is 10.4 Å². The highest BCUT2D eigenvalue weighted by Gasteiger charge is 2.15. The molecule has 0 fully saturated rings. The van der Waals surface area contributed by atoms with Crippen molar-refractivity contribution in [3.05, 3.63) is 0 Å². The van der Waals surface area contributed by atoms with Crippen LogP contribution in [-0.4, -0.2) is 49.8 Å². The summed E-state index contributed by atoms with van der Waals surface area (Å²) in [6.45, 7) is 12.1. The summed E-state index contributed by atoms with van der Waals surface area (Å²) in [5, 5.41) is 4.64. The van der Waals surface area contributed by atoms with Gasteiger partial charge in [-0.25, -0.2) is 4.79 Å². The van der Waals surface area contributed by atoms with Gasteiger partial charge in [0.2, 0.25) is 0 Å². The van der Waals surface area contributed by atoms with E-state index in [1.165, 1.54) is 135 Å². The Morgan fingerprint density at radius 1 is 0.614 bits per heavy atom. The Morgan fingerprint density at radius 2 is 1.00 bits per heavy atom. The number of amides is 1. The molecule has 0 bridgehead atoms. The van der Waals surface area contributed by atoms with Crippen LogP contribution in [0.15, 0.2) is 0 Å². The van der Waals surface area contributed by atoms with E-state index >= 15 is 0 Å². The van der Waals surface area contributed by atoms with Crippen LogP contribution in [-0.2, 0) is 14.3 Å². The molecule has 1 atom stereocenters. The lowest BCUT2D eigenvalue weighted by Crippen LogP contribution is -2.32. The maximum atomic E-state index is 12.6. The third-order valence-corrected chi connectivity index (χ3v) is 8.36. The van der Waals surface area contributed by atoms with Crippen molar-refractivity contribution in [1.29, 1.82) is 0 Å². The van der Waals surface area contributed by atoms with Crippen LogP contribution >= 0.6 is 0 Å². The van der Waals surface area contributed by atoms with Crippen molar-refractivity contribution in [3.63, 3.8) is 0 Å². The molecule has 44 heavy (non-hydrogen) atoms. The van der Waals surface area contributed by atoms with E-state index in [-0.39, 0.29) is 17.8 Å². The van der Waals surface area contributed by atoms with Gasteiger partial charge in [0.05, 0.1) is 12.2 Å². The number of hydroxylamine groups is 2. The quantitative estimate of drug-likeness (QED) is 0.0446. The topological polar surface area (TPSA) is 60.0 Å². The summed E-state index contributed by atoms with van der Waals surface area (Å²) in [4.78, 5) is 18.2. The molecule has 1 amide bonds. The minimum atomic E-state index is -0.276. The second-order valence-electron chi connectivity index (χ2n) is 14.2. The van der Waals surface area contributed by atoms with E-state index < -0.39 is 0 Å². The number of hydrogen-bond acceptors (Lipinski definition) is 5. The second-order valence-corrected chi connectivity index (χ2v) is 14.2. The van der Waals surface area contributed by atoms with Crippen molar-refractivity contribution in [2.24, 2.45) is 0 Å². The number of hydrogen-bond donors (Lipinski definition) is 1. The average molecular weight is 627 g/mol. The molecule has 0 aromatic heterocycles. The summed E-state index contributed by atoms with van der Waals surface area (Å²) in [6, 6.07) is 0. The monoisotopic (exact) mass is 627 g/mol. The lowest BCUT2D eigenvalue weighted by Gasteiger charge is -2.24. The lowest BCUT2D eigenvalue weighted by molar-refractivity contribution is -0.213. The molecular weight excluding hydrogens is 548 g/mol. The Labute approximate surface area is 275 Å². The number of nitrogens with one attached hydrogen (secondary N) is 1. The van der Waals surface area contributed by atoms with Crippen molar-refractivity contribution in [3.8, 4) is 0 Å². The summed E-state index contributed by atoms with van der Waals surface area (Å²) in [5.74, 6) is 0. The number of alkyl carbamates (subject to hydrolysis) is 1. The van der Waals surface area contributed by atoms with Gasteiger partial charge in [-0.2, -0.15) is 5.06 Å². The molecule has 0 heterocycles. The standard InChI is InChI=1S/C38H78N2O4/c1-7-9-11-13-15-17-19-21-23-25-27-29-32-36(31-28-26-24-22-20-18-16-14-12-10-8-2)44-37(41)39-33-30-34-43-40(6)35-42-38(3,4)5/h36H,7-35H2,1-6H3,(H,39,41). The van der Waals surface area contributed by atoms with Gasteiger partial charge in [-0.15, -0.1) is 0 Å². The normalized spacial score (nSPS) is 12.6. The van der Waals surface area contributed by atoms with Crippen molar-refractivity contribution < 1.29 is 19.1 Å². The molecule has 6 nitrogen and oxygen atoms in total. The molecule has 0 spiro atoms. The Morgan fingerprint density at radius 3 is 1.39 bits per heavy atom. The zero-order valence-corrected chi connectivity index (χ0v) is 30.7. The van der Waals surface area contributed by atoms with Gasteiger partial charge in [-0.05, 0) is 52.9 Å². The van der Waals surface area contributed by atoms with E-state index in [1.54, 1.807) is 5.06 Å². The molecule has 1 unspecified atom stereocenters. The largest absolute Gasteiger partial charge is 0.446 e. The SMILES string of the molecule is CCCCCCCCCCCCCCC(CCCCCCCCCCCCC)OC(=O)NCCCON(C)COC(C)(C)C. The zero-order valence-electron chi connectivity index (χ0n) is 30.7. The van der Waals surface area contributed by atoms with Crippen LogP contribution in [0.2, 0.25) is 0 Å². The Bertz CT molecular complexity index is 596. The van der Waals surface area contributed by atoms with Gasteiger partial charge in [0.15, 0.2) is 0 Å². The number of nitrogens with zero attached hydrogens (tertiary/aromatic N) is 1. The molecule has 6 heteroatoms. The molecule has 1 N–H and O–H groups in total. The van der Waals surface area contributed by atoms with Crippen molar-refractivity contribution in [2.45, 2.75) is 213 Å². The molecule has 0 saturated heterocycles. The van der Waals surface area contributed by atoms with Crippen LogP contribution < -0.4 is 5.32 Å². The fourth-order valence-electron chi connectivity index (χ4n) is 5.51. The maximum Gasteiger partial charge on any atom is 0.407 e. The summed E-state index contributed by atoms with van der Waals surface area (Å²) < 4.78 is 11.6. The first-order valence-corrected chi connectivity index (χ1v) is 19.2. The highest BCUT2D eigenvalue weighted by atomic mass is 16.7. The van der Waals surface area contributed by atoms with Crippen LogP contribution in [0.4, 0.5) is 4.79 Å². The van der Waals surface area contributed by atoms with Gasteiger partial charge in [-0.3, -0.25) is 4.84 Å². The van der Waals surface area contributed by atoms with E-state index in [2.05, 4.69) is 19.2 Å². The molecule has 0 rings (SSSR count). The lowest BCUT2D eigenvalue weighted by atomic mass is 10.0. The van der Waals surface area contributed by atoms with Gasteiger partial charge in [0, 0.05) is 13.6 Å². The number of rotatable bonds is 33. The van der Waals surface area contributed by atoms with E-state index in [4.69, 9.17) is 14.3 Å². The Hall–Kier alpha value is -0.850. The van der Waals surface area contributed by atoms with Gasteiger partial charge < -0.3 is 14.8 Å². The van der Waals surface area contributed by atoms with Gasteiger partial charge in [0.25, 0.3) is 0 Å². The van der Waals surface area contributed by atoms with E-state index in [0.717, 1.165) is 32.1 Å². The first-order valence-electron chi connectivity index (χ1n) is 19.2. The van der Waals surface area contributed by atoms with Crippen LogP contribution in [0.1, 0.15) is 202 Å². The van der Waals surface area contributed by atoms with Crippen LogP contribution in [0, 0.1) is 0 Å². The maximum absolute atomic E-state index is 12.6. The number of carbonyl (C=O) groups excluding carboxylic acids is 1.